The zero-order valence-electron chi connectivity index (χ0n) is 7.59. The normalized spacial score (nSPS) is 25.4. The van der Waals surface area contributed by atoms with Gasteiger partial charge in [-0.1, -0.05) is 13.8 Å². The quantitative estimate of drug-likeness (QED) is 0.597. The van der Waals surface area contributed by atoms with Gasteiger partial charge in [-0.2, -0.15) is 0 Å². The maximum atomic E-state index is 11.3. The topological polar surface area (TPSA) is 46.2 Å². The fourth-order valence-corrected chi connectivity index (χ4v) is 1.54. The molecule has 1 aliphatic rings. The zero-order valence-corrected chi connectivity index (χ0v) is 7.59. The molecular formula is C9H15NO2. The van der Waals surface area contributed by atoms with Gasteiger partial charge < -0.3 is 0 Å². The van der Waals surface area contributed by atoms with E-state index in [1.807, 2.05) is 13.8 Å². The monoisotopic (exact) mass is 169 g/mol. The van der Waals surface area contributed by atoms with Gasteiger partial charge in [0.25, 0.3) is 0 Å². The van der Waals surface area contributed by atoms with E-state index in [1.165, 1.54) is 0 Å². The lowest BCUT2D eigenvalue weighted by atomic mass is 9.91. The first-order valence-electron chi connectivity index (χ1n) is 4.45. The van der Waals surface area contributed by atoms with Crippen LogP contribution in [-0.2, 0) is 9.59 Å². The lowest BCUT2D eigenvalue weighted by molar-refractivity contribution is -0.132. The molecule has 1 rings (SSSR count). The molecule has 12 heavy (non-hydrogen) atoms. The third-order valence-corrected chi connectivity index (χ3v) is 2.32. The van der Waals surface area contributed by atoms with Crippen molar-refractivity contribution in [1.29, 1.82) is 0 Å². The Hall–Kier alpha value is -0.860. The summed E-state index contributed by atoms with van der Waals surface area (Å²) in [6.07, 6.45) is 2.17. The molecule has 0 spiro atoms. The minimum absolute atomic E-state index is 0.0245. The molecule has 0 bridgehead atoms. The molecule has 1 heterocycles. The van der Waals surface area contributed by atoms with Crippen molar-refractivity contribution >= 4 is 11.8 Å². The van der Waals surface area contributed by atoms with Gasteiger partial charge >= 0.3 is 0 Å². The molecule has 1 atom stereocenters. The van der Waals surface area contributed by atoms with Crippen LogP contribution >= 0.6 is 0 Å². The Labute approximate surface area is 72.5 Å². The number of nitrogens with one attached hydrogen (secondary N) is 1. The van der Waals surface area contributed by atoms with E-state index in [9.17, 15) is 9.59 Å². The molecule has 0 radical (unpaired) electrons. The van der Waals surface area contributed by atoms with Gasteiger partial charge in [-0.3, -0.25) is 14.9 Å². The van der Waals surface area contributed by atoms with Crippen LogP contribution in [0.25, 0.3) is 0 Å². The van der Waals surface area contributed by atoms with Crippen LogP contribution in [0.4, 0.5) is 0 Å². The molecular weight excluding hydrogens is 154 g/mol. The van der Waals surface area contributed by atoms with Gasteiger partial charge in [0.05, 0.1) is 0 Å². The summed E-state index contributed by atoms with van der Waals surface area (Å²) in [4.78, 5) is 22.3. The highest BCUT2D eigenvalue weighted by Gasteiger charge is 2.26. The van der Waals surface area contributed by atoms with E-state index in [4.69, 9.17) is 0 Å². The SMILES string of the molecule is CC(C)C1CCCC(=O)NC1=O. The average molecular weight is 169 g/mol. The van der Waals surface area contributed by atoms with E-state index in [-0.39, 0.29) is 17.7 Å². The molecule has 0 aliphatic carbocycles. The van der Waals surface area contributed by atoms with Crippen molar-refractivity contribution in [1.82, 2.24) is 5.32 Å². The van der Waals surface area contributed by atoms with Gasteiger partial charge in [-0.15, -0.1) is 0 Å². The Bertz CT molecular complexity index is 199. The maximum absolute atomic E-state index is 11.3. The van der Waals surface area contributed by atoms with E-state index in [2.05, 4.69) is 5.32 Å². The first-order valence-corrected chi connectivity index (χ1v) is 4.45. The van der Waals surface area contributed by atoms with Crippen LogP contribution < -0.4 is 5.32 Å². The van der Waals surface area contributed by atoms with Gasteiger partial charge in [0, 0.05) is 12.3 Å². The van der Waals surface area contributed by atoms with Gasteiger partial charge in [0.1, 0.15) is 0 Å². The van der Waals surface area contributed by atoms with Crippen molar-refractivity contribution in [2.75, 3.05) is 0 Å². The minimum Gasteiger partial charge on any atom is -0.296 e. The Morgan fingerprint density at radius 2 is 2.08 bits per heavy atom. The standard InChI is InChI=1S/C9H15NO2/c1-6(2)7-4-3-5-8(11)10-9(7)12/h6-7H,3-5H2,1-2H3,(H,10,11,12). The van der Waals surface area contributed by atoms with Crippen LogP contribution in [0.3, 0.4) is 0 Å². The van der Waals surface area contributed by atoms with Crippen LogP contribution in [0.15, 0.2) is 0 Å². The number of carbonyl (C=O) groups is 2. The maximum Gasteiger partial charge on any atom is 0.229 e. The summed E-state index contributed by atoms with van der Waals surface area (Å²) in [6.45, 7) is 4.03. The molecule has 1 unspecified atom stereocenters. The number of hydrogen-bond donors (Lipinski definition) is 1. The lowest BCUT2D eigenvalue weighted by Crippen LogP contribution is -2.34. The van der Waals surface area contributed by atoms with E-state index < -0.39 is 0 Å². The van der Waals surface area contributed by atoms with Crippen molar-refractivity contribution in [3.05, 3.63) is 0 Å². The van der Waals surface area contributed by atoms with E-state index in [1.54, 1.807) is 0 Å². The number of imide groups is 1. The molecule has 2 amide bonds. The first-order chi connectivity index (χ1) is 5.61. The second-order valence-corrected chi connectivity index (χ2v) is 3.66. The van der Waals surface area contributed by atoms with Gasteiger partial charge in [-0.05, 0) is 18.8 Å². The van der Waals surface area contributed by atoms with Crippen molar-refractivity contribution in [3.63, 3.8) is 0 Å². The number of hydrogen-bond acceptors (Lipinski definition) is 2. The number of carbonyl (C=O) groups excluding carboxylic acids is 2. The largest absolute Gasteiger partial charge is 0.296 e. The van der Waals surface area contributed by atoms with Gasteiger partial charge in [0.2, 0.25) is 11.8 Å². The summed E-state index contributed by atoms with van der Waals surface area (Å²) in [6, 6.07) is 0. The Kier molecular flexibility index (Phi) is 2.84. The third-order valence-electron chi connectivity index (χ3n) is 2.32. The van der Waals surface area contributed by atoms with Crippen LogP contribution in [0, 0.1) is 11.8 Å². The molecule has 68 valence electrons. The van der Waals surface area contributed by atoms with Crippen LogP contribution in [0.5, 0.6) is 0 Å². The van der Waals surface area contributed by atoms with Crippen molar-refractivity contribution in [3.8, 4) is 0 Å². The number of rotatable bonds is 1. The summed E-state index contributed by atoms with van der Waals surface area (Å²) in [5.74, 6) is 0.142. The summed E-state index contributed by atoms with van der Waals surface area (Å²) in [5.41, 5.74) is 0. The Morgan fingerprint density at radius 1 is 1.42 bits per heavy atom. The fraction of sp³-hybridized carbons (Fsp3) is 0.778. The van der Waals surface area contributed by atoms with Gasteiger partial charge in [-0.25, -0.2) is 0 Å². The summed E-state index contributed by atoms with van der Waals surface area (Å²) < 4.78 is 0. The smallest absolute Gasteiger partial charge is 0.229 e. The molecule has 0 aromatic heterocycles. The molecule has 3 heteroatoms. The first kappa shape index (κ1) is 9.23. The minimum atomic E-state index is -0.122. The number of amides is 2. The van der Waals surface area contributed by atoms with E-state index in [0.29, 0.717) is 12.3 Å². The zero-order chi connectivity index (χ0) is 9.14. The average Bonchev–Trinajstić information content (AvgIpc) is 2.10. The van der Waals surface area contributed by atoms with Crippen LogP contribution in [-0.4, -0.2) is 11.8 Å². The third kappa shape index (κ3) is 2.06. The molecule has 3 nitrogen and oxygen atoms in total. The molecule has 1 N–H and O–H groups in total. The van der Waals surface area contributed by atoms with E-state index >= 15 is 0 Å². The molecule has 1 saturated heterocycles. The highest BCUT2D eigenvalue weighted by molar-refractivity contribution is 5.97. The molecule has 0 aromatic rings. The van der Waals surface area contributed by atoms with Crippen molar-refractivity contribution in [2.45, 2.75) is 33.1 Å². The van der Waals surface area contributed by atoms with Crippen molar-refractivity contribution in [2.24, 2.45) is 11.8 Å². The predicted molar refractivity (Wildman–Crippen MR) is 45.3 cm³/mol. The summed E-state index contributed by atoms with van der Waals surface area (Å²) in [7, 11) is 0. The van der Waals surface area contributed by atoms with Crippen LogP contribution in [0.2, 0.25) is 0 Å². The van der Waals surface area contributed by atoms with Gasteiger partial charge in [0.15, 0.2) is 0 Å². The van der Waals surface area contributed by atoms with Crippen LogP contribution in [0.1, 0.15) is 33.1 Å². The second-order valence-electron chi connectivity index (χ2n) is 3.66. The van der Waals surface area contributed by atoms with Crippen molar-refractivity contribution < 1.29 is 9.59 Å². The molecule has 0 aromatic carbocycles. The molecule has 1 aliphatic heterocycles. The van der Waals surface area contributed by atoms with E-state index in [0.717, 1.165) is 12.8 Å². The highest BCUT2D eigenvalue weighted by atomic mass is 16.2. The molecule has 1 fully saturated rings. The summed E-state index contributed by atoms with van der Waals surface area (Å²) >= 11 is 0. The highest BCUT2D eigenvalue weighted by Crippen LogP contribution is 2.20. The lowest BCUT2D eigenvalue weighted by Gasteiger charge is -2.15. The predicted octanol–water partition coefficient (Wildman–Crippen LogP) is 1.09. The summed E-state index contributed by atoms with van der Waals surface area (Å²) in [5, 5.41) is 2.40. The second kappa shape index (κ2) is 3.70. The Morgan fingerprint density at radius 3 is 2.67 bits per heavy atom. The molecule has 0 saturated carbocycles. The Balaban J connectivity index is 2.64. The fourth-order valence-electron chi connectivity index (χ4n) is 1.54.